The van der Waals surface area contributed by atoms with E-state index in [2.05, 4.69) is 18.8 Å². The summed E-state index contributed by atoms with van der Waals surface area (Å²) in [5, 5.41) is 11.6. The van der Waals surface area contributed by atoms with Crippen molar-refractivity contribution >= 4 is 17.7 Å². The van der Waals surface area contributed by atoms with Gasteiger partial charge in [-0.3, -0.25) is 0 Å². The van der Waals surface area contributed by atoms with Crippen LogP contribution in [0.3, 0.4) is 0 Å². The quantitative estimate of drug-likeness (QED) is 0.613. The van der Waals surface area contributed by atoms with Gasteiger partial charge in [0.1, 0.15) is 0 Å². The van der Waals surface area contributed by atoms with Crippen molar-refractivity contribution in [2.45, 2.75) is 19.9 Å². The normalized spacial score (nSPS) is 12.5. The fourth-order valence-electron chi connectivity index (χ4n) is 0.727. The third-order valence-electron chi connectivity index (χ3n) is 1.54. The predicted molar refractivity (Wildman–Crippen MR) is 57.2 cm³/mol. The third-order valence-corrected chi connectivity index (χ3v) is 2.68. The molecule has 3 nitrogen and oxygen atoms in total. The Morgan fingerprint density at radius 1 is 1.69 bits per heavy atom. The van der Waals surface area contributed by atoms with Crippen molar-refractivity contribution in [3.8, 4) is 0 Å². The van der Waals surface area contributed by atoms with Crippen LogP contribution in [0.2, 0.25) is 0 Å². The molecule has 0 spiro atoms. The summed E-state index contributed by atoms with van der Waals surface area (Å²) in [6.07, 6.45) is 0. The van der Waals surface area contributed by atoms with E-state index < -0.39 is 5.97 Å². The molecule has 0 radical (unpaired) electrons. The molecule has 0 heterocycles. The van der Waals surface area contributed by atoms with Crippen molar-refractivity contribution in [1.82, 2.24) is 5.32 Å². The molecule has 0 saturated carbocycles. The Labute approximate surface area is 83.6 Å². The zero-order valence-corrected chi connectivity index (χ0v) is 8.99. The highest BCUT2D eigenvalue weighted by Gasteiger charge is 2.05. The molecule has 0 bridgehead atoms. The maximum atomic E-state index is 10.4. The first-order valence-corrected chi connectivity index (χ1v) is 5.45. The monoisotopic (exact) mass is 203 g/mol. The summed E-state index contributed by atoms with van der Waals surface area (Å²) in [7, 11) is 0. The van der Waals surface area contributed by atoms with E-state index in [9.17, 15) is 4.79 Å². The lowest BCUT2D eigenvalue weighted by atomic mass is 10.3. The van der Waals surface area contributed by atoms with Crippen LogP contribution >= 0.6 is 11.8 Å². The summed E-state index contributed by atoms with van der Waals surface area (Å²) < 4.78 is 0. The fraction of sp³-hybridized carbons (Fsp3) is 0.667. The van der Waals surface area contributed by atoms with Gasteiger partial charge in [-0.25, -0.2) is 4.79 Å². The number of rotatable bonds is 7. The molecule has 0 aliphatic heterocycles. The number of carboxylic acid groups (broad SMARTS) is 1. The molecule has 0 rings (SSSR count). The van der Waals surface area contributed by atoms with Crippen molar-refractivity contribution in [3.63, 3.8) is 0 Å². The highest BCUT2D eigenvalue weighted by molar-refractivity contribution is 7.99. The molecule has 4 heteroatoms. The smallest absolute Gasteiger partial charge is 0.332 e. The van der Waals surface area contributed by atoms with Crippen molar-refractivity contribution in [1.29, 1.82) is 0 Å². The first-order chi connectivity index (χ1) is 6.07. The fourth-order valence-corrected chi connectivity index (χ4v) is 1.43. The number of hydrogen-bond acceptors (Lipinski definition) is 3. The van der Waals surface area contributed by atoms with Crippen LogP contribution in [-0.4, -0.2) is 35.2 Å². The molecule has 1 atom stereocenters. The van der Waals surface area contributed by atoms with Gasteiger partial charge in [-0.15, -0.1) is 0 Å². The van der Waals surface area contributed by atoms with Crippen LogP contribution in [0.25, 0.3) is 0 Å². The second-order valence-electron chi connectivity index (χ2n) is 2.85. The minimum atomic E-state index is -0.928. The number of carboxylic acids is 1. The Bertz CT molecular complexity index is 182. The molecule has 0 saturated heterocycles. The van der Waals surface area contributed by atoms with Crippen molar-refractivity contribution < 1.29 is 9.90 Å². The molecule has 0 fully saturated rings. The molecule has 1 unspecified atom stereocenters. The van der Waals surface area contributed by atoms with Crippen LogP contribution in [0.15, 0.2) is 12.2 Å². The summed E-state index contributed by atoms with van der Waals surface area (Å²) in [6, 6.07) is 0.334. The molecule has 0 aromatic heterocycles. The minimum Gasteiger partial charge on any atom is -0.478 e. The van der Waals surface area contributed by atoms with Gasteiger partial charge in [-0.2, -0.15) is 11.8 Å². The highest BCUT2D eigenvalue weighted by Crippen LogP contribution is 2.01. The van der Waals surface area contributed by atoms with Gasteiger partial charge in [0.15, 0.2) is 0 Å². The summed E-state index contributed by atoms with van der Waals surface area (Å²) >= 11 is 1.84. The highest BCUT2D eigenvalue weighted by atomic mass is 32.2. The Balaban J connectivity index is 3.51. The van der Waals surface area contributed by atoms with E-state index in [-0.39, 0.29) is 5.57 Å². The molecule has 0 aromatic carbocycles. The summed E-state index contributed by atoms with van der Waals surface area (Å²) in [5.41, 5.74) is 0.216. The summed E-state index contributed by atoms with van der Waals surface area (Å²) in [5.74, 6) is 1.16. The van der Waals surface area contributed by atoms with Gasteiger partial charge >= 0.3 is 5.97 Å². The average molecular weight is 203 g/mol. The van der Waals surface area contributed by atoms with Gasteiger partial charge in [0, 0.05) is 23.9 Å². The van der Waals surface area contributed by atoms with E-state index in [4.69, 9.17) is 5.11 Å². The predicted octanol–water partition coefficient (Wildman–Crippen LogP) is 1.36. The topological polar surface area (TPSA) is 49.3 Å². The maximum Gasteiger partial charge on any atom is 0.332 e. The van der Waals surface area contributed by atoms with Gasteiger partial charge in [0.2, 0.25) is 0 Å². The van der Waals surface area contributed by atoms with E-state index in [0.717, 1.165) is 11.5 Å². The zero-order chi connectivity index (χ0) is 10.3. The third kappa shape index (κ3) is 6.66. The maximum absolute atomic E-state index is 10.4. The average Bonchev–Trinajstić information content (AvgIpc) is 2.10. The SMILES string of the molecule is C=C(CNC(C)CSCC)C(=O)O. The number of nitrogens with one attached hydrogen (secondary N) is 1. The lowest BCUT2D eigenvalue weighted by Gasteiger charge is -2.12. The van der Waals surface area contributed by atoms with Gasteiger partial charge in [-0.05, 0) is 12.7 Å². The van der Waals surface area contributed by atoms with Crippen molar-refractivity contribution in [3.05, 3.63) is 12.2 Å². The zero-order valence-electron chi connectivity index (χ0n) is 8.17. The van der Waals surface area contributed by atoms with Crippen LogP contribution in [0.5, 0.6) is 0 Å². The van der Waals surface area contributed by atoms with Gasteiger partial charge in [0.05, 0.1) is 0 Å². The molecule has 0 aromatic rings. The molecule has 0 amide bonds. The molecule has 76 valence electrons. The van der Waals surface area contributed by atoms with E-state index in [0.29, 0.717) is 12.6 Å². The molecule has 2 N–H and O–H groups in total. The van der Waals surface area contributed by atoms with Crippen LogP contribution in [0.4, 0.5) is 0 Å². The number of carbonyl (C=O) groups is 1. The second kappa shape index (κ2) is 6.97. The lowest BCUT2D eigenvalue weighted by molar-refractivity contribution is -0.132. The Kier molecular flexibility index (Phi) is 6.72. The molecule has 0 aliphatic carbocycles. The minimum absolute atomic E-state index is 0.216. The Hall–Kier alpha value is -0.480. The van der Waals surface area contributed by atoms with E-state index in [1.54, 1.807) is 0 Å². The van der Waals surface area contributed by atoms with Crippen LogP contribution in [0, 0.1) is 0 Å². The largest absolute Gasteiger partial charge is 0.478 e. The Morgan fingerprint density at radius 2 is 2.31 bits per heavy atom. The van der Waals surface area contributed by atoms with Crippen molar-refractivity contribution in [2.75, 3.05) is 18.1 Å². The van der Waals surface area contributed by atoms with E-state index >= 15 is 0 Å². The van der Waals surface area contributed by atoms with Gasteiger partial charge in [-0.1, -0.05) is 13.5 Å². The number of aliphatic carboxylic acids is 1. The summed E-state index contributed by atoms with van der Waals surface area (Å²) in [6.45, 7) is 7.94. The molecular formula is C9H17NO2S. The van der Waals surface area contributed by atoms with Crippen LogP contribution < -0.4 is 5.32 Å². The number of thioether (sulfide) groups is 1. The first kappa shape index (κ1) is 12.5. The first-order valence-electron chi connectivity index (χ1n) is 4.30. The van der Waals surface area contributed by atoms with E-state index in [1.807, 2.05) is 18.7 Å². The van der Waals surface area contributed by atoms with Crippen LogP contribution in [-0.2, 0) is 4.79 Å². The van der Waals surface area contributed by atoms with Gasteiger partial charge < -0.3 is 10.4 Å². The molecule has 0 aliphatic rings. The van der Waals surface area contributed by atoms with Crippen molar-refractivity contribution in [2.24, 2.45) is 0 Å². The lowest BCUT2D eigenvalue weighted by Crippen LogP contribution is -2.31. The van der Waals surface area contributed by atoms with Gasteiger partial charge in [0.25, 0.3) is 0 Å². The Morgan fingerprint density at radius 3 is 2.77 bits per heavy atom. The number of hydrogen-bond donors (Lipinski definition) is 2. The molecule has 13 heavy (non-hydrogen) atoms. The van der Waals surface area contributed by atoms with Crippen LogP contribution in [0.1, 0.15) is 13.8 Å². The standard InChI is InChI=1S/C9H17NO2S/c1-4-13-6-8(3)10-5-7(2)9(11)12/h8,10H,2,4-6H2,1,3H3,(H,11,12). The molecular weight excluding hydrogens is 186 g/mol. The van der Waals surface area contributed by atoms with E-state index in [1.165, 1.54) is 0 Å². The second-order valence-corrected chi connectivity index (χ2v) is 4.17. The summed E-state index contributed by atoms with van der Waals surface area (Å²) in [4.78, 5) is 10.4.